The zero-order valence-electron chi connectivity index (χ0n) is 17.7. The summed E-state index contributed by atoms with van der Waals surface area (Å²) in [5.74, 6) is -0.579. The lowest BCUT2D eigenvalue weighted by Crippen LogP contribution is -2.13. The molecule has 0 unspecified atom stereocenters. The second-order valence-corrected chi connectivity index (χ2v) is 8.15. The van der Waals surface area contributed by atoms with Crippen LogP contribution in [0.4, 0.5) is 10.1 Å². The summed E-state index contributed by atoms with van der Waals surface area (Å²) in [6.45, 7) is -0.0107. The fourth-order valence-electron chi connectivity index (χ4n) is 3.39. The highest BCUT2D eigenvalue weighted by molar-refractivity contribution is 6.42. The Morgan fingerprint density at radius 1 is 1.00 bits per heavy atom. The quantitative estimate of drug-likeness (QED) is 0.226. The molecule has 0 fully saturated rings. The number of carbonyl (C=O) groups is 1. The van der Waals surface area contributed by atoms with E-state index in [1.807, 2.05) is 36.4 Å². The number of benzene rings is 4. The number of hydrogen-bond donors (Lipinski definition) is 1. The number of amides is 1. The maximum Gasteiger partial charge on any atom is 0.266 e. The SMILES string of the molecule is N#C/C(=C\c1c(OCc2ccccc2F)ccc2ccccc12)C(=O)Nc1ccc(Cl)c(Cl)c1. The predicted octanol–water partition coefficient (Wildman–Crippen LogP) is 7.41. The van der Waals surface area contributed by atoms with Gasteiger partial charge in [-0.05, 0) is 47.2 Å². The van der Waals surface area contributed by atoms with Crippen molar-refractivity contribution in [2.45, 2.75) is 6.61 Å². The Bertz CT molecular complexity index is 1460. The van der Waals surface area contributed by atoms with Crippen LogP contribution in [0.15, 0.2) is 84.4 Å². The van der Waals surface area contributed by atoms with Gasteiger partial charge in [0.2, 0.25) is 0 Å². The van der Waals surface area contributed by atoms with Gasteiger partial charge in [-0.2, -0.15) is 5.26 Å². The number of nitrogens with zero attached hydrogens (tertiary/aromatic N) is 1. The molecule has 0 saturated heterocycles. The number of rotatable bonds is 6. The largest absolute Gasteiger partial charge is 0.488 e. The van der Waals surface area contributed by atoms with E-state index in [0.717, 1.165) is 10.8 Å². The van der Waals surface area contributed by atoms with E-state index in [4.69, 9.17) is 27.9 Å². The zero-order valence-corrected chi connectivity index (χ0v) is 19.2. The van der Waals surface area contributed by atoms with Crippen molar-refractivity contribution >= 4 is 51.6 Å². The monoisotopic (exact) mass is 490 g/mol. The minimum absolute atomic E-state index is 0.0107. The van der Waals surface area contributed by atoms with Gasteiger partial charge >= 0.3 is 0 Å². The highest BCUT2D eigenvalue weighted by Gasteiger charge is 2.15. The Kier molecular flexibility index (Phi) is 7.12. The van der Waals surface area contributed by atoms with Crippen LogP contribution in [0.2, 0.25) is 10.0 Å². The molecule has 1 N–H and O–H groups in total. The van der Waals surface area contributed by atoms with E-state index in [-0.39, 0.29) is 23.0 Å². The van der Waals surface area contributed by atoms with E-state index < -0.39 is 5.91 Å². The van der Waals surface area contributed by atoms with Gasteiger partial charge in [-0.15, -0.1) is 0 Å². The van der Waals surface area contributed by atoms with Gasteiger partial charge < -0.3 is 10.1 Å². The van der Waals surface area contributed by atoms with E-state index in [0.29, 0.717) is 27.6 Å². The van der Waals surface area contributed by atoms with Crippen LogP contribution in [0.5, 0.6) is 5.75 Å². The third-order valence-electron chi connectivity index (χ3n) is 5.10. The van der Waals surface area contributed by atoms with Crippen molar-refractivity contribution in [2.75, 3.05) is 5.32 Å². The van der Waals surface area contributed by atoms with Crippen molar-refractivity contribution in [3.8, 4) is 11.8 Å². The smallest absolute Gasteiger partial charge is 0.266 e. The molecule has 7 heteroatoms. The molecule has 0 atom stereocenters. The molecule has 0 bridgehead atoms. The zero-order chi connectivity index (χ0) is 24.1. The first kappa shape index (κ1) is 23.3. The van der Waals surface area contributed by atoms with Crippen molar-refractivity contribution in [1.82, 2.24) is 0 Å². The second kappa shape index (κ2) is 10.4. The topological polar surface area (TPSA) is 62.1 Å². The molecule has 0 aromatic heterocycles. The summed E-state index contributed by atoms with van der Waals surface area (Å²) < 4.78 is 20.0. The molecule has 0 spiro atoms. The number of carbonyl (C=O) groups excluding carboxylic acids is 1. The summed E-state index contributed by atoms with van der Waals surface area (Å²) in [6, 6.07) is 24.0. The first-order valence-corrected chi connectivity index (χ1v) is 11.0. The Morgan fingerprint density at radius 3 is 2.53 bits per heavy atom. The van der Waals surface area contributed by atoms with Crippen LogP contribution < -0.4 is 10.1 Å². The van der Waals surface area contributed by atoms with Crippen molar-refractivity contribution in [3.05, 3.63) is 111 Å². The van der Waals surface area contributed by atoms with Gasteiger partial charge in [-0.3, -0.25) is 4.79 Å². The Hall–Kier alpha value is -3.85. The Labute approximate surface area is 205 Å². The molecule has 4 aromatic rings. The van der Waals surface area contributed by atoms with Gasteiger partial charge in [-0.25, -0.2) is 4.39 Å². The molecular formula is C27H17Cl2FN2O2. The molecule has 0 radical (unpaired) electrons. The van der Waals surface area contributed by atoms with E-state index in [2.05, 4.69) is 5.32 Å². The van der Waals surface area contributed by atoms with Gasteiger partial charge in [0, 0.05) is 16.8 Å². The van der Waals surface area contributed by atoms with Crippen LogP contribution in [0.3, 0.4) is 0 Å². The molecule has 0 heterocycles. The highest BCUT2D eigenvalue weighted by atomic mass is 35.5. The number of anilines is 1. The molecule has 0 aliphatic heterocycles. The molecule has 168 valence electrons. The average molecular weight is 491 g/mol. The first-order chi connectivity index (χ1) is 16.5. The maximum atomic E-state index is 14.1. The average Bonchev–Trinajstić information content (AvgIpc) is 2.84. The van der Waals surface area contributed by atoms with Crippen LogP contribution in [0.25, 0.3) is 16.8 Å². The number of halogens is 3. The van der Waals surface area contributed by atoms with Crippen molar-refractivity contribution in [1.29, 1.82) is 5.26 Å². The maximum absolute atomic E-state index is 14.1. The lowest BCUT2D eigenvalue weighted by Gasteiger charge is -2.13. The number of nitriles is 1. The summed E-state index contributed by atoms with van der Waals surface area (Å²) in [4.78, 5) is 12.8. The minimum atomic E-state index is -0.617. The second-order valence-electron chi connectivity index (χ2n) is 7.33. The van der Waals surface area contributed by atoms with Crippen LogP contribution in [-0.4, -0.2) is 5.91 Å². The van der Waals surface area contributed by atoms with Crippen molar-refractivity contribution < 1.29 is 13.9 Å². The van der Waals surface area contributed by atoms with Gasteiger partial charge in [0.1, 0.15) is 29.8 Å². The van der Waals surface area contributed by atoms with Gasteiger partial charge in [-0.1, -0.05) is 71.7 Å². The van der Waals surface area contributed by atoms with Crippen LogP contribution in [0, 0.1) is 17.1 Å². The third kappa shape index (κ3) is 5.20. The minimum Gasteiger partial charge on any atom is -0.488 e. The summed E-state index contributed by atoms with van der Waals surface area (Å²) in [5.41, 5.74) is 1.19. The molecule has 34 heavy (non-hydrogen) atoms. The summed E-state index contributed by atoms with van der Waals surface area (Å²) in [7, 11) is 0. The Balaban J connectivity index is 1.70. The number of fused-ring (bicyclic) bond motifs is 1. The molecule has 4 nitrogen and oxygen atoms in total. The summed E-state index contributed by atoms with van der Waals surface area (Å²) in [5, 5.41) is 14.7. The molecule has 0 aliphatic rings. The van der Waals surface area contributed by atoms with E-state index in [1.54, 1.807) is 36.4 Å². The fourth-order valence-corrected chi connectivity index (χ4v) is 3.68. The molecule has 0 aliphatic carbocycles. The highest BCUT2D eigenvalue weighted by Crippen LogP contribution is 2.31. The van der Waals surface area contributed by atoms with Gasteiger partial charge in [0.25, 0.3) is 5.91 Å². The standard InChI is InChI=1S/C27H17Cl2FN2O2/c28-23-11-10-20(14-24(23)29)32-27(33)19(15-31)13-22-21-7-3-1-5-17(21)9-12-26(22)34-16-18-6-2-4-8-25(18)30/h1-14H,16H2,(H,32,33)/b19-13+. The summed E-state index contributed by atoms with van der Waals surface area (Å²) >= 11 is 11.9. The van der Waals surface area contributed by atoms with E-state index in [1.165, 1.54) is 18.2 Å². The Morgan fingerprint density at radius 2 is 1.76 bits per heavy atom. The third-order valence-corrected chi connectivity index (χ3v) is 5.84. The van der Waals surface area contributed by atoms with Crippen molar-refractivity contribution in [2.24, 2.45) is 0 Å². The van der Waals surface area contributed by atoms with Crippen molar-refractivity contribution in [3.63, 3.8) is 0 Å². The normalized spacial score (nSPS) is 11.2. The first-order valence-electron chi connectivity index (χ1n) is 10.2. The van der Waals surface area contributed by atoms with E-state index in [9.17, 15) is 14.4 Å². The number of ether oxygens (including phenoxy) is 1. The van der Waals surface area contributed by atoms with E-state index >= 15 is 0 Å². The molecule has 0 saturated carbocycles. The molecule has 1 amide bonds. The lowest BCUT2D eigenvalue weighted by molar-refractivity contribution is -0.112. The lowest BCUT2D eigenvalue weighted by atomic mass is 10.0. The molecule has 4 rings (SSSR count). The fraction of sp³-hybridized carbons (Fsp3) is 0.0370. The summed E-state index contributed by atoms with van der Waals surface area (Å²) in [6.07, 6.45) is 1.46. The number of hydrogen-bond acceptors (Lipinski definition) is 3. The van der Waals surface area contributed by atoms with Gasteiger partial charge in [0.15, 0.2) is 0 Å². The molecular weight excluding hydrogens is 474 g/mol. The molecule has 4 aromatic carbocycles. The van der Waals surface area contributed by atoms with Crippen LogP contribution >= 0.6 is 23.2 Å². The number of nitrogens with one attached hydrogen (secondary N) is 1. The van der Waals surface area contributed by atoms with Gasteiger partial charge in [0.05, 0.1) is 10.0 Å². The predicted molar refractivity (Wildman–Crippen MR) is 133 cm³/mol. The van der Waals surface area contributed by atoms with Crippen LogP contribution in [0.1, 0.15) is 11.1 Å². The van der Waals surface area contributed by atoms with Crippen LogP contribution in [-0.2, 0) is 11.4 Å².